The Bertz CT molecular complexity index is 374. The maximum absolute atomic E-state index is 13.0. The molecule has 1 aromatic rings. The zero-order chi connectivity index (χ0) is 12.3. The maximum atomic E-state index is 13.0. The summed E-state index contributed by atoms with van der Waals surface area (Å²) in [5, 5.41) is 1.57. The Kier molecular flexibility index (Phi) is 4.87. The van der Waals surface area contributed by atoms with Gasteiger partial charge in [-0.05, 0) is 36.0 Å². The highest BCUT2D eigenvalue weighted by Gasteiger charge is 2.24. The molecule has 1 saturated carbocycles. The Morgan fingerprint density at radius 3 is 2.65 bits per heavy atom. The molecule has 0 spiro atoms. The van der Waals surface area contributed by atoms with Crippen LogP contribution in [-0.2, 0) is 6.42 Å². The molecule has 3 heteroatoms. The second kappa shape index (κ2) is 6.19. The van der Waals surface area contributed by atoms with Gasteiger partial charge < -0.3 is 0 Å². The summed E-state index contributed by atoms with van der Waals surface area (Å²) in [6.07, 6.45) is 6.32. The van der Waals surface area contributed by atoms with Crippen molar-refractivity contribution in [3.8, 4) is 0 Å². The lowest BCUT2D eigenvalue weighted by Crippen LogP contribution is -2.16. The zero-order valence-electron chi connectivity index (χ0n) is 9.76. The lowest BCUT2D eigenvalue weighted by atomic mass is 9.87. The normalized spacial score (nSPS) is 18.5. The minimum atomic E-state index is -0.255. The first-order valence-corrected chi connectivity index (χ1v) is 7.70. The molecule has 0 radical (unpaired) electrons. The van der Waals surface area contributed by atoms with Crippen LogP contribution in [0.2, 0.25) is 5.02 Å². The van der Waals surface area contributed by atoms with Gasteiger partial charge in [0.25, 0.3) is 0 Å². The molecular weight excluding hydrogens is 303 g/mol. The van der Waals surface area contributed by atoms with Crippen LogP contribution >= 0.6 is 27.5 Å². The second-order valence-electron chi connectivity index (χ2n) is 4.90. The molecule has 0 heterocycles. The number of hydrogen-bond donors (Lipinski definition) is 0. The lowest BCUT2D eigenvalue weighted by Gasteiger charge is -2.21. The van der Waals surface area contributed by atoms with E-state index in [1.165, 1.54) is 37.8 Å². The van der Waals surface area contributed by atoms with Crippen LogP contribution < -0.4 is 0 Å². The van der Waals surface area contributed by atoms with Crippen molar-refractivity contribution in [1.29, 1.82) is 0 Å². The fraction of sp³-hybridized carbons (Fsp3) is 0.571. The highest BCUT2D eigenvalue weighted by atomic mass is 79.9. The highest BCUT2D eigenvalue weighted by molar-refractivity contribution is 9.09. The molecule has 0 N–H and O–H groups in total. The Balaban J connectivity index is 2.06. The standard InChI is InChI=1S/C14H17BrClF/c15-9-12(10-3-1-2-4-10)7-11-5-6-13(17)8-14(11)16/h5-6,8,10,12H,1-4,7,9H2. The predicted octanol–water partition coefficient (Wildman–Crippen LogP) is 5.22. The van der Waals surface area contributed by atoms with Crippen molar-refractivity contribution in [2.75, 3.05) is 5.33 Å². The average molecular weight is 320 g/mol. The van der Waals surface area contributed by atoms with Crippen LogP contribution in [0.1, 0.15) is 31.2 Å². The molecule has 1 aliphatic rings. The lowest BCUT2D eigenvalue weighted by molar-refractivity contribution is 0.373. The molecule has 0 aromatic heterocycles. The summed E-state index contributed by atoms with van der Waals surface area (Å²) >= 11 is 9.69. The summed E-state index contributed by atoms with van der Waals surface area (Å²) in [5.41, 5.74) is 1.07. The van der Waals surface area contributed by atoms with Gasteiger partial charge in [-0.3, -0.25) is 0 Å². The monoisotopic (exact) mass is 318 g/mol. The van der Waals surface area contributed by atoms with Crippen LogP contribution in [0.15, 0.2) is 18.2 Å². The highest BCUT2D eigenvalue weighted by Crippen LogP contribution is 2.35. The van der Waals surface area contributed by atoms with E-state index in [2.05, 4.69) is 15.9 Å². The molecule has 2 rings (SSSR count). The Labute approximate surface area is 116 Å². The molecule has 0 aliphatic heterocycles. The molecule has 1 unspecified atom stereocenters. The molecule has 94 valence electrons. The zero-order valence-corrected chi connectivity index (χ0v) is 12.1. The van der Waals surface area contributed by atoms with Crippen molar-refractivity contribution in [3.63, 3.8) is 0 Å². The molecule has 1 aliphatic carbocycles. The molecule has 17 heavy (non-hydrogen) atoms. The third-order valence-electron chi connectivity index (χ3n) is 3.76. The number of benzene rings is 1. The van der Waals surface area contributed by atoms with Crippen LogP contribution in [0.25, 0.3) is 0 Å². The van der Waals surface area contributed by atoms with Crippen molar-refractivity contribution in [3.05, 3.63) is 34.6 Å². The number of halogens is 3. The van der Waals surface area contributed by atoms with Crippen molar-refractivity contribution < 1.29 is 4.39 Å². The molecular formula is C14H17BrClF. The topological polar surface area (TPSA) is 0 Å². The van der Waals surface area contributed by atoms with Crippen LogP contribution in [0, 0.1) is 17.7 Å². The fourth-order valence-corrected chi connectivity index (χ4v) is 3.75. The molecule has 1 atom stereocenters. The fourth-order valence-electron chi connectivity index (χ4n) is 2.75. The Morgan fingerprint density at radius 2 is 2.06 bits per heavy atom. The minimum absolute atomic E-state index is 0.255. The van der Waals surface area contributed by atoms with E-state index >= 15 is 0 Å². The van der Waals surface area contributed by atoms with Crippen LogP contribution in [0.4, 0.5) is 4.39 Å². The van der Waals surface area contributed by atoms with Gasteiger partial charge in [0, 0.05) is 10.4 Å². The van der Waals surface area contributed by atoms with Crippen molar-refractivity contribution >= 4 is 27.5 Å². The summed E-state index contributed by atoms with van der Waals surface area (Å²) in [4.78, 5) is 0. The largest absolute Gasteiger partial charge is 0.207 e. The summed E-state index contributed by atoms with van der Waals surface area (Å²) in [5.74, 6) is 1.17. The van der Waals surface area contributed by atoms with Crippen molar-refractivity contribution in [2.24, 2.45) is 11.8 Å². The third kappa shape index (κ3) is 3.45. The van der Waals surface area contributed by atoms with Gasteiger partial charge in [-0.1, -0.05) is 59.3 Å². The number of alkyl halides is 1. The first kappa shape index (κ1) is 13.4. The molecule has 0 saturated heterocycles. The van der Waals surface area contributed by atoms with Gasteiger partial charge in [-0.25, -0.2) is 4.39 Å². The third-order valence-corrected chi connectivity index (χ3v) is 4.95. The van der Waals surface area contributed by atoms with Crippen LogP contribution in [-0.4, -0.2) is 5.33 Å². The van der Waals surface area contributed by atoms with Gasteiger partial charge in [-0.2, -0.15) is 0 Å². The van der Waals surface area contributed by atoms with Gasteiger partial charge in [0.2, 0.25) is 0 Å². The Morgan fingerprint density at radius 1 is 1.35 bits per heavy atom. The van der Waals surface area contributed by atoms with Gasteiger partial charge in [0.15, 0.2) is 0 Å². The van der Waals surface area contributed by atoms with Crippen LogP contribution in [0.5, 0.6) is 0 Å². The van der Waals surface area contributed by atoms with E-state index in [0.29, 0.717) is 10.9 Å². The number of rotatable bonds is 4. The molecule has 0 amide bonds. The van der Waals surface area contributed by atoms with Gasteiger partial charge >= 0.3 is 0 Å². The molecule has 0 nitrogen and oxygen atoms in total. The summed E-state index contributed by atoms with van der Waals surface area (Å²) in [6.45, 7) is 0. The summed E-state index contributed by atoms with van der Waals surface area (Å²) in [6, 6.07) is 4.74. The van der Waals surface area contributed by atoms with E-state index < -0.39 is 0 Å². The molecule has 0 bridgehead atoms. The molecule has 1 fully saturated rings. The van der Waals surface area contributed by atoms with Crippen molar-refractivity contribution in [2.45, 2.75) is 32.1 Å². The predicted molar refractivity (Wildman–Crippen MR) is 74.4 cm³/mol. The Hall–Kier alpha value is -0.0800. The maximum Gasteiger partial charge on any atom is 0.124 e. The smallest absolute Gasteiger partial charge is 0.124 e. The quantitative estimate of drug-likeness (QED) is 0.667. The minimum Gasteiger partial charge on any atom is -0.207 e. The second-order valence-corrected chi connectivity index (χ2v) is 5.95. The SMILES string of the molecule is Fc1ccc(CC(CBr)C2CCCC2)c(Cl)c1. The van der Waals surface area contributed by atoms with E-state index in [9.17, 15) is 4.39 Å². The average Bonchev–Trinajstić information content (AvgIpc) is 2.81. The van der Waals surface area contributed by atoms with Gasteiger partial charge in [0.05, 0.1) is 0 Å². The van der Waals surface area contributed by atoms with Crippen molar-refractivity contribution in [1.82, 2.24) is 0 Å². The van der Waals surface area contributed by atoms with E-state index in [1.54, 1.807) is 0 Å². The first-order valence-electron chi connectivity index (χ1n) is 6.20. The number of hydrogen-bond acceptors (Lipinski definition) is 0. The van der Waals surface area contributed by atoms with Crippen LogP contribution in [0.3, 0.4) is 0 Å². The van der Waals surface area contributed by atoms with Gasteiger partial charge in [-0.15, -0.1) is 0 Å². The van der Waals surface area contributed by atoms with E-state index in [1.807, 2.05) is 6.07 Å². The van der Waals surface area contributed by atoms with E-state index in [0.717, 1.165) is 23.2 Å². The van der Waals surface area contributed by atoms with E-state index in [4.69, 9.17) is 11.6 Å². The molecule has 1 aromatic carbocycles. The van der Waals surface area contributed by atoms with Gasteiger partial charge in [0.1, 0.15) is 5.82 Å². The summed E-state index contributed by atoms with van der Waals surface area (Å²) < 4.78 is 13.0. The first-order chi connectivity index (χ1) is 8.20. The summed E-state index contributed by atoms with van der Waals surface area (Å²) in [7, 11) is 0. The van der Waals surface area contributed by atoms with E-state index in [-0.39, 0.29) is 5.82 Å².